The smallest absolute Gasteiger partial charge is 0.339 e. The Bertz CT molecular complexity index is 686. The lowest BCUT2D eigenvalue weighted by Gasteiger charge is -2.06. The van der Waals surface area contributed by atoms with E-state index in [4.69, 9.17) is 27.9 Å². The Morgan fingerprint density at radius 3 is 2.38 bits per heavy atom. The summed E-state index contributed by atoms with van der Waals surface area (Å²) in [5.41, 5.74) is 0.827. The van der Waals surface area contributed by atoms with Crippen molar-refractivity contribution in [3.05, 3.63) is 73.8 Å². The fourth-order valence-corrected chi connectivity index (χ4v) is 2.08. The minimum Gasteiger partial charge on any atom is -0.457 e. The Hall–Kier alpha value is -2.11. The minimum atomic E-state index is -0.588. The van der Waals surface area contributed by atoms with Crippen LogP contribution in [0.2, 0.25) is 10.0 Å². The molecule has 2 rings (SSSR count). The zero-order chi connectivity index (χ0) is 15.4. The van der Waals surface area contributed by atoms with E-state index < -0.39 is 10.9 Å². The number of esters is 1. The molecule has 0 amide bonds. The van der Waals surface area contributed by atoms with Gasteiger partial charge in [0, 0.05) is 17.2 Å². The number of benzene rings is 2. The maximum atomic E-state index is 11.9. The van der Waals surface area contributed by atoms with Crippen molar-refractivity contribution < 1.29 is 14.5 Å². The van der Waals surface area contributed by atoms with Crippen LogP contribution in [0, 0.1) is 10.1 Å². The van der Waals surface area contributed by atoms with Crippen molar-refractivity contribution in [3.8, 4) is 0 Å². The highest BCUT2D eigenvalue weighted by Gasteiger charge is 2.12. The fraction of sp³-hybridized carbons (Fsp3) is 0.0714. The zero-order valence-corrected chi connectivity index (χ0v) is 12.1. The van der Waals surface area contributed by atoms with E-state index in [0.29, 0.717) is 10.6 Å². The quantitative estimate of drug-likeness (QED) is 0.478. The molecule has 0 unspecified atom stereocenters. The van der Waals surface area contributed by atoms with E-state index >= 15 is 0 Å². The standard InChI is InChI=1S/C14H9Cl2NO4/c15-10-3-6-12(13(16)7-10)14(18)21-8-9-1-4-11(5-2-9)17(19)20/h1-7H,8H2. The first-order valence-electron chi connectivity index (χ1n) is 5.83. The summed E-state index contributed by atoms with van der Waals surface area (Å²) in [5, 5.41) is 11.2. The average molecular weight is 326 g/mol. The normalized spacial score (nSPS) is 10.2. The van der Waals surface area contributed by atoms with Gasteiger partial charge >= 0.3 is 5.97 Å². The molecule has 0 atom stereocenters. The van der Waals surface area contributed by atoms with E-state index in [1.807, 2.05) is 0 Å². The Morgan fingerprint density at radius 2 is 1.81 bits per heavy atom. The van der Waals surface area contributed by atoms with Crippen molar-refractivity contribution in [1.82, 2.24) is 0 Å². The van der Waals surface area contributed by atoms with Crippen molar-refractivity contribution in [2.45, 2.75) is 6.61 Å². The number of halogens is 2. The first kappa shape index (κ1) is 15.3. The topological polar surface area (TPSA) is 69.4 Å². The highest BCUT2D eigenvalue weighted by Crippen LogP contribution is 2.22. The molecule has 7 heteroatoms. The predicted octanol–water partition coefficient (Wildman–Crippen LogP) is 4.26. The highest BCUT2D eigenvalue weighted by atomic mass is 35.5. The van der Waals surface area contributed by atoms with Gasteiger partial charge in [0.05, 0.1) is 15.5 Å². The number of nitro groups is 1. The summed E-state index contributed by atoms with van der Waals surface area (Å²) in [7, 11) is 0. The minimum absolute atomic E-state index is 0.00418. The van der Waals surface area contributed by atoms with Gasteiger partial charge in [-0.2, -0.15) is 0 Å². The number of rotatable bonds is 4. The molecule has 0 spiro atoms. The molecule has 0 radical (unpaired) electrons. The lowest BCUT2D eigenvalue weighted by molar-refractivity contribution is -0.384. The summed E-state index contributed by atoms with van der Waals surface area (Å²) in [4.78, 5) is 21.9. The lowest BCUT2D eigenvalue weighted by Crippen LogP contribution is -2.06. The monoisotopic (exact) mass is 325 g/mol. The fourth-order valence-electron chi connectivity index (χ4n) is 1.60. The Morgan fingerprint density at radius 1 is 1.14 bits per heavy atom. The molecule has 0 aliphatic carbocycles. The summed E-state index contributed by atoms with van der Waals surface area (Å²) < 4.78 is 5.10. The van der Waals surface area contributed by atoms with Crippen LogP contribution >= 0.6 is 23.2 Å². The molecule has 5 nitrogen and oxygen atoms in total. The SMILES string of the molecule is O=C(OCc1ccc([N+](=O)[O-])cc1)c1ccc(Cl)cc1Cl. The van der Waals surface area contributed by atoms with Crippen LogP contribution in [0.5, 0.6) is 0 Å². The Balaban J connectivity index is 2.02. The lowest BCUT2D eigenvalue weighted by atomic mass is 10.2. The Kier molecular flexibility index (Phi) is 4.77. The predicted molar refractivity (Wildman–Crippen MR) is 78.7 cm³/mol. The van der Waals surface area contributed by atoms with Gasteiger partial charge in [-0.3, -0.25) is 10.1 Å². The van der Waals surface area contributed by atoms with Gasteiger partial charge in [0.1, 0.15) is 6.61 Å². The van der Waals surface area contributed by atoms with Crippen LogP contribution in [0.3, 0.4) is 0 Å². The highest BCUT2D eigenvalue weighted by molar-refractivity contribution is 6.36. The second-order valence-electron chi connectivity index (χ2n) is 4.12. The average Bonchev–Trinajstić information content (AvgIpc) is 2.45. The van der Waals surface area contributed by atoms with E-state index in [1.165, 1.54) is 42.5 Å². The van der Waals surface area contributed by atoms with Gasteiger partial charge in [-0.05, 0) is 35.9 Å². The molecule has 0 aliphatic rings. The molecular formula is C14H9Cl2NO4. The number of carbonyl (C=O) groups is 1. The van der Waals surface area contributed by atoms with Crippen LogP contribution in [-0.2, 0) is 11.3 Å². The van der Waals surface area contributed by atoms with Gasteiger partial charge in [0.15, 0.2) is 0 Å². The van der Waals surface area contributed by atoms with Gasteiger partial charge in [-0.1, -0.05) is 23.2 Å². The van der Waals surface area contributed by atoms with Crippen molar-refractivity contribution in [2.24, 2.45) is 0 Å². The summed E-state index contributed by atoms with van der Waals surface area (Å²) in [6, 6.07) is 10.2. The third-order valence-corrected chi connectivity index (χ3v) is 3.22. The summed E-state index contributed by atoms with van der Waals surface area (Å²) in [6.07, 6.45) is 0. The Labute approximate surface area is 130 Å². The number of ether oxygens (including phenoxy) is 1. The van der Waals surface area contributed by atoms with E-state index in [9.17, 15) is 14.9 Å². The number of non-ortho nitro benzene ring substituents is 1. The van der Waals surface area contributed by atoms with Crippen LogP contribution in [0.15, 0.2) is 42.5 Å². The van der Waals surface area contributed by atoms with Gasteiger partial charge in [-0.15, -0.1) is 0 Å². The number of carbonyl (C=O) groups excluding carboxylic acids is 1. The largest absolute Gasteiger partial charge is 0.457 e. The molecule has 108 valence electrons. The maximum absolute atomic E-state index is 11.9. The van der Waals surface area contributed by atoms with Gasteiger partial charge in [0.25, 0.3) is 5.69 Å². The molecule has 0 saturated carbocycles. The molecule has 0 saturated heterocycles. The van der Waals surface area contributed by atoms with E-state index in [-0.39, 0.29) is 22.9 Å². The number of nitrogens with zero attached hydrogens (tertiary/aromatic N) is 1. The second kappa shape index (κ2) is 6.56. The first-order valence-corrected chi connectivity index (χ1v) is 6.58. The number of hydrogen-bond acceptors (Lipinski definition) is 4. The van der Waals surface area contributed by atoms with Crippen molar-refractivity contribution >= 4 is 34.9 Å². The second-order valence-corrected chi connectivity index (χ2v) is 4.97. The zero-order valence-electron chi connectivity index (χ0n) is 10.6. The summed E-state index contributed by atoms with van der Waals surface area (Å²) >= 11 is 11.6. The van der Waals surface area contributed by atoms with Crippen molar-refractivity contribution in [3.63, 3.8) is 0 Å². The maximum Gasteiger partial charge on any atom is 0.339 e. The molecule has 21 heavy (non-hydrogen) atoms. The molecule has 0 N–H and O–H groups in total. The molecule has 0 aliphatic heterocycles. The van der Waals surface area contributed by atoms with Crippen LogP contribution in [-0.4, -0.2) is 10.9 Å². The molecule has 0 heterocycles. The first-order chi connectivity index (χ1) is 9.97. The van der Waals surface area contributed by atoms with E-state index in [0.717, 1.165) is 0 Å². The third-order valence-electron chi connectivity index (χ3n) is 2.67. The molecule has 0 fully saturated rings. The third kappa shape index (κ3) is 3.93. The van der Waals surface area contributed by atoms with Crippen LogP contribution < -0.4 is 0 Å². The summed E-state index contributed by atoms with van der Waals surface area (Å²) in [5.74, 6) is -0.588. The van der Waals surface area contributed by atoms with Crippen LogP contribution in [0.25, 0.3) is 0 Å². The molecule has 0 aromatic heterocycles. The van der Waals surface area contributed by atoms with Crippen molar-refractivity contribution in [1.29, 1.82) is 0 Å². The van der Waals surface area contributed by atoms with Crippen LogP contribution in [0.1, 0.15) is 15.9 Å². The van der Waals surface area contributed by atoms with E-state index in [1.54, 1.807) is 0 Å². The molecular weight excluding hydrogens is 317 g/mol. The van der Waals surface area contributed by atoms with Gasteiger partial charge < -0.3 is 4.74 Å². The summed E-state index contributed by atoms with van der Waals surface area (Å²) in [6.45, 7) is -0.00418. The van der Waals surface area contributed by atoms with Gasteiger partial charge in [0.2, 0.25) is 0 Å². The van der Waals surface area contributed by atoms with E-state index in [2.05, 4.69) is 0 Å². The molecule has 0 bridgehead atoms. The number of hydrogen-bond donors (Lipinski definition) is 0. The van der Waals surface area contributed by atoms with Crippen molar-refractivity contribution in [2.75, 3.05) is 0 Å². The molecule has 2 aromatic rings. The van der Waals surface area contributed by atoms with Crippen LogP contribution in [0.4, 0.5) is 5.69 Å². The number of nitro benzene ring substituents is 1. The molecule has 2 aromatic carbocycles. The van der Waals surface area contributed by atoms with Gasteiger partial charge in [-0.25, -0.2) is 4.79 Å².